The Labute approximate surface area is 50.7 Å². The molecule has 0 aliphatic rings. The number of nitrogens with two attached hydrogens (primary N) is 1. The van der Waals surface area contributed by atoms with Crippen LogP contribution in [-0.4, -0.2) is 9.97 Å². The lowest BCUT2D eigenvalue weighted by molar-refractivity contribution is 0.605. The van der Waals surface area contributed by atoms with Gasteiger partial charge in [-0.2, -0.15) is 4.98 Å². The van der Waals surface area contributed by atoms with Gasteiger partial charge in [-0.25, -0.2) is 0 Å². The molecule has 2 aromatic heterocycles. The summed E-state index contributed by atoms with van der Waals surface area (Å²) in [7, 11) is 0. The maximum absolute atomic E-state index is 5.31. The minimum atomic E-state index is 0.393. The van der Waals surface area contributed by atoms with E-state index in [2.05, 4.69) is 9.97 Å². The van der Waals surface area contributed by atoms with Gasteiger partial charge in [0.15, 0.2) is 0 Å². The van der Waals surface area contributed by atoms with Crippen molar-refractivity contribution in [1.82, 2.24) is 9.97 Å². The van der Waals surface area contributed by atoms with Crippen molar-refractivity contribution in [3.05, 3.63) is 12.3 Å². The molecule has 0 aliphatic carbocycles. The summed E-state index contributed by atoms with van der Waals surface area (Å²) in [5.41, 5.74) is 6.71. The number of aromatic nitrogens is 2. The molecule has 9 heavy (non-hydrogen) atoms. The molecule has 0 aromatic carbocycles. The van der Waals surface area contributed by atoms with Crippen LogP contribution in [-0.2, 0) is 0 Å². The highest BCUT2D eigenvalue weighted by Gasteiger charge is 1.99. The van der Waals surface area contributed by atoms with Gasteiger partial charge in [0, 0.05) is 6.07 Å². The topological polar surface area (TPSA) is 67.8 Å². The smallest absolute Gasteiger partial charge is 0.246 e. The first kappa shape index (κ1) is 4.43. The van der Waals surface area contributed by atoms with E-state index in [9.17, 15) is 0 Å². The number of imidazole rings is 1. The molecule has 2 rings (SSSR count). The van der Waals surface area contributed by atoms with E-state index in [-0.39, 0.29) is 0 Å². The molecule has 46 valence electrons. The molecule has 0 bridgehead atoms. The highest BCUT2D eigenvalue weighted by molar-refractivity contribution is 5.70. The van der Waals surface area contributed by atoms with E-state index in [1.807, 2.05) is 0 Å². The van der Waals surface area contributed by atoms with Gasteiger partial charge in [0.2, 0.25) is 11.7 Å². The second-order valence-electron chi connectivity index (χ2n) is 1.76. The van der Waals surface area contributed by atoms with Crippen molar-refractivity contribution in [3.8, 4) is 0 Å². The number of aromatic amines is 1. The minimum Gasteiger partial charge on any atom is -0.445 e. The molecular weight excluding hydrogens is 118 g/mol. The molecule has 3 N–H and O–H groups in total. The van der Waals surface area contributed by atoms with Gasteiger partial charge < -0.3 is 15.1 Å². The standard InChI is InChI=1S/C5H5N3O/c6-5-7-3-1-2-9-4(3)8-5/h1-2H,(H3,6,7,8). The lowest BCUT2D eigenvalue weighted by atomic mass is 10.6. The van der Waals surface area contributed by atoms with Crippen LogP contribution in [0.5, 0.6) is 0 Å². The first-order valence-corrected chi connectivity index (χ1v) is 2.55. The molecule has 2 aromatic rings. The van der Waals surface area contributed by atoms with Crippen molar-refractivity contribution in [3.63, 3.8) is 0 Å². The van der Waals surface area contributed by atoms with Crippen LogP contribution >= 0.6 is 0 Å². The molecule has 0 amide bonds. The van der Waals surface area contributed by atoms with Crippen LogP contribution in [0.3, 0.4) is 0 Å². The molecule has 0 spiro atoms. The molecule has 0 fully saturated rings. The van der Waals surface area contributed by atoms with Crippen molar-refractivity contribution in [2.24, 2.45) is 0 Å². The van der Waals surface area contributed by atoms with Gasteiger partial charge in [0.1, 0.15) is 5.52 Å². The number of H-pyrrole nitrogens is 1. The van der Waals surface area contributed by atoms with Crippen molar-refractivity contribution >= 4 is 17.2 Å². The third-order valence-corrected chi connectivity index (χ3v) is 1.13. The maximum atomic E-state index is 5.31. The molecule has 0 saturated heterocycles. The Morgan fingerprint density at radius 1 is 1.67 bits per heavy atom. The molecular formula is C5H5N3O. The van der Waals surface area contributed by atoms with Gasteiger partial charge in [-0.1, -0.05) is 0 Å². The first-order valence-electron chi connectivity index (χ1n) is 2.55. The predicted molar refractivity (Wildman–Crippen MR) is 32.8 cm³/mol. The Hall–Kier alpha value is -1.45. The summed E-state index contributed by atoms with van der Waals surface area (Å²) in [6.45, 7) is 0. The number of furan rings is 1. The Morgan fingerprint density at radius 3 is 3.33 bits per heavy atom. The summed E-state index contributed by atoms with van der Waals surface area (Å²) in [5.74, 6) is 0.393. The number of rotatable bonds is 0. The largest absolute Gasteiger partial charge is 0.445 e. The van der Waals surface area contributed by atoms with Gasteiger partial charge in [-0.15, -0.1) is 0 Å². The second kappa shape index (κ2) is 1.28. The van der Waals surface area contributed by atoms with Crippen molar-refractivity contribution in [2.75, 3.05) is 5.73 Å². The SMILES string of the molecule is Nc1nc2occc2[nH]1. The van der Waals surface area contributed by atoms with Crippen LogP contribution < -0.4 is 5.73 Å². The van der Waals surface area contributed by atoms with Crippen LogP contribution in [0.2, 0.25) is 0 Å². The lowest BCUT2D eigenvalue weighted by Gasteiger charge is -1.73. The fourth-order valence-electron chi connectivity index (χ4n) is 0.758. The molecule has 0 radical (unpaired) electrons. The average molecular weight is 123 g/mol. The molecule has 0 aliphatic heterocycles. The third kappa shape index (κ3) is 0.495. The number of fused-ring (bicyclic) bond motifs is 1. The Balaban J connectivity index is 2.92. The van der Waals surface area contributed by atoms with E-state index in [0.29, 0.717) is 11.7 Å². The molecule has 0 saturated carbocycles. The Bertz CT molecular complexity index is 293. The fraction of sp³-hybridized carbons (Fsp3) is 0. The second-order valence-corrected chi connectivity index (χ2v) is 1.76. The quantitative estimate of drug-likeness (QED) is 0.542. The number of nitrogen functional groups attached to an aromatic ring is 1. The highest BCUT2D eigenvalue weighted by atomic mass is 16.3. The van der Waals surface area contributed by atoms with Crippen LogP contribution in [0.1, 0.15) is 0 Å². The first-order chi connectivity index (χ1) is 4.36. The number of nitrogens with zero attached hydrogens (tertiary/aromatic N) is 1. The number of anilines is 1. The van der Waals surface area contributed by atoms with Crippen molar-refractivity contribution in [1.29, 1.82) is 0 Å². The zero-order valence-corrected chi connectivity index (χ0v) is 4.59. The zero-order chi connectivity index (χ0) is 6.27. The normalized spacial score (nSPS) is 10.7. The van der Waals surface area contributed by atoms with Crippen LogP contribution in [0.15, 0.2) is 16.7 Å². The average Bonchev–Trinajstić information content (AvgIpc) is 2.22. The van der Waals surface area contributed by atoms with E-state index in [1.54, 1.807) is 12.3 Å². The highest BCUT2D eigenvalue weighted by Crippen LogP contribution is 2.11. The molecule has 0 unspecified atom stereocenters. The summed E-state index contributed by atoms with van der Waals surface area (Å²) >= 11 is 0. The number of hydrogen-bond donors (Lipinski definition) is 2. The fourth-order valence-corrected chi connectivity index (χ4v) is 0.758. The van der Waals surface area contributed by atoms with Gasteiger partial charge >= 0.3 is 0 Å². The third-order valence-electron chi connectivity index (χ3n) is 1.13. The molecule has 0 atom stereocenters. The Kier molecular flexibility index (Phi) is 0.631. The van der Waals surface area contributed by atoms with Crippen LogP contribution in [0, 0.1) is 0 Å². The van der Waals surface area contributed by atoms with Gasteiger partial charge in [-0.3, -0.25) is 0 Å². The summed E-state index contributed by atoms with van der Waals surface area (Å²) in [4.78, 5) is 6.64. The van der Waals surface area contributed by atoms with E-state index in [1.165, 1.54) is 0 Å². The number of nitrogens with one attached hydrogen (secondary N) is 1. The van der Waals surface area contributed by atoms with E-state index >= 15 is 0 Å². The number of hydrogen-bond acceptors (Lipinski definition) is 3. The summed E-state index contributed by atoms with van der Waals surface area (Å²) < 4.78 is 4.92. The molecule has 2 heterocycles. The van der Waals surface area contributed by atoms with E-state index in [4.69, 9.17) is 10.2 Å². The summed E-state index contributed by atoms with van der Waals surface area (Å²) in [6.07, 6.45) is 1.56. The molecule has 4 nitrogen and oxygen atoms in total. The van der Waals surface area contributed by atoms with E-state index in [0.717, 1.165) is 5.52 Å². The maximum Gasteiger partial charge on any atom is 0.246 e. The predicted octanol–water partition coefficient (Wildman–Crippen LogP) is 0.738. The van der Waals surface area contributed by atoms with Crippen molar-refractivity contribution in [2.45, 2.75) is 0 Å². The van der Waals surface area contributed by atoms with Crippen LogP contribution in [0.4, 0.5) is 5.95 Å². The minimum absolute atomic E-state index is 0.393. The Morgan fingerprint density at radius 2 is 2.56 bits per heavy atom. The monoisotopic (exact) mass is 123 g/mol. The van der Waals surface area contributed by atoms with Crippen molar-refractivity contribution < 1.29 is 4.42 Å². The van der Waals surface area contributed by atoms with Gasteiger partial charge in [0.05, 0.1) is 6.26 Å². The summed E-state index contributed by atoms with van der Waals surface area (Å²) in [6, 6.07) is 1.78. The van der Waals surface area contributed by atoms with Gasteiger partial charge in [0.25, 0.3) is 0 Å². The molecule has 4 heteroatoms. The summed E-state index contributed by atoms with van der Waals surface area (Å²) in [5, 5.41) is 0. The zero-order valence-electron chi connectivity index (χ0n) is 4.59. The lowest BCUT2D eigenvalue weighted by Crippen LogP contribution is -1.84. The van der Waals surface area contributed by atoms with Crippen LogP contribution in [0.25, 0.3) is 11.2 Å². The van der Waals surface area contributed by atoms with Gasteiger partial charge in [-0.05, 0) is 0 Å². The van der Waals surface area contributed by atoms with E-state index < -0.39 is 0 Å².